The zero-order chi connectivity index (χ0) is 52.5. The van der Waals surface area contributed by atoms with Crippen LogP contribution in [-0.2, 0) is 47.5 Å². The highest BCUT2D eigenvalue weighted by molar-refractivity contribution is 5.96. The van der Waals surface area contributed by atoms with Crippen LogP contribution in [-0.4, -0.2) is 164 Å². The van der Waals surface area contributed by atoms with Crippen molar-refractivity contribution in [2.45, 2.75) is 55.6 Å². The molecular formula is C43H38O28. The van der Waals surface area contributed by atoms with Gasteiger partial charge in [0.2, 0.25) is 12.0 Å². The number of benzene rings is 4. The summed E-state index contributed by atoms with van der Waals surface area (Å²) in [5, 5.41) is 144. The van der Waals surface area contributed by atoms with Crippen LogP contribution in [0.2, 0.25) is 0 Å². The van der Waals surface area contributed by atoms with Crippen LogP contribution < -0.4 is 0 Å². The molecule has 4 aromatic carbocycles. The molecule has 2 aliphatic rings. The lowest BCUT2D eigenvalue weighted by atomic mass is 9.75. The molecule has 378 valence electrons. The van der Waals surface area contributed by atoms with Gasteiger partial charge in [0.05, 0.1) is 48.1 Å². The topological polar surface area (TPSA) is 467 Å². The van der Waals surface area contributed by atoms with Crippen LogP contribution in [0.25, 0.3) is 0 Å². The van der Waals surface area contributed by atoms with Gasteiger partial charge in [-0.25, -0.2) is 19.2 Å². The summed E-state index contributed by atoms with van der Waals surface area (Å²) >= 11 is 0. The van der Waals surface area contributed by atoms with E-state index in [1.807, 2.05) is 0 Å². The fraction of sp³-hybridized carbons (Fsp3) is 0.279. The molecule has 14 N–H and O–H groups in total. The van der Waals surface area contributed by atoms with Crippen molar-refractivity contribution in [3.05, 3.63) is 70.3 Å². The quantitative estimate of drug-likeness (QED) is 0.0461. The molecule has 0 bridgehead atoms. The van der Waals surface area contributed by atoms with Crippen molar-refractivity contribution >= 4 is 41.8 Å². The van der Waals surface area contributed by atoms with Crippen molar-refractivity contribution in [2.24, 2.45) is 5.92 Å². The number of carboxylic acids is 1. The van der Waals surface area contributed by atoms with E-state index in [4.69, 9.17) is 28.4 Å². The minimum atomic E-state index is -2.64. The van der Waals surface area contributed by atoms with Gasteiger partial charge in [-0.05, 0) is 42.5 Å². The van der Waals surface area contributed by atoms with E-state index in [2.05, 4.69) is 4.74 Å². The standard InChI is InChI=1S/C43H38O28/c1-65-27(53)10-24-28(29-15(41(63)67-24)8-23(50)33(57)34(29)58)16(9-26(51)52)42(64)69-36-25(11-66-38(60)12-2-17(44)30(54)18(45)3-12)68-43(71-40(62)14-6-21(48)32(56)22(49)7-14)35(59)37(36)70-39(61)13-4-19(46)31(55)20(47)5-13/h2-8,16,24-25,28,35-37,43-50,54-59H,9-11H2,1H3,(H,51,52)/t16-,24-,25+,28+,35+,36+,37+,43-/m0/s1. The van der Waals surface area contributed by atoms with Gasteiger partial charge in [-0.3, -0.25) is 14.4 Å². The number of hydrogen-bond donors (Lipinski definition) is 14. The van der Waals surface area contributed by atoms with Gasteiger partial charge in [0.1, 0.15) is 18.8 Å². The molecule has 0 aromatic heterocycles. The maximum absolute atomic E-state index is 14.7. The predicted molar refractivity (Wildman–Crippen MR) is 220 cm³/mol. The first kappa shape index (κ1) is 51.1. The maximum Gasteiger partial charge on any atom is 0.340 e. The molecule has 2 heterocycles. The number of carboxylic acid groups (broad SMARTS) is 1. The Morgan fingerprint density at radius 1 is 0.592 bits per heavy atom. The normalized spacial score (nSPS) is 20.8. The molecule has 2 aliphatic heterocycles. The highest BCUT2D eigenvalue weighted by atomic mass is 16.7. The van der Waals surface area contributed by atoms with Gasteiger partial charge < -0.3 is 105 Å². The smallest absolute Gasteiger partial charge is 0.340 e. The number of ether oxygens (including phenoxy) is 7. The Morgan fingerprint density at radius 3 is 1.54 bits per heavy atom. The second-order valence-corrected chi connectivity index (χ2v) is 15.4. The maximum atomic E-state index is 14.7. The minimum absolute atomic E-state index is 0.527. The highest BCUT2D eigenvalue weighted by Crippen LogP contribution is 2.51. The SMILES string of the molecule is COC(=O)C[C@@H]1OC(=O)c2cc(O)c(O)c(O)c2[C@@H]1[C@H](CC(=O)O)C(=O)O[C@H]1[C@H](OC(=O)c2cc(O)c(O)c(O)c2)[C@@H](O)[C@H](OC(=O)c2cc(O)c(O)c(O)c2)O[C@@H]1COC(=O)c1cc(O)c(O)c(O)c1. The van der Waals surface area contributed by atoms with Crippen LogP contribution >= 0.6 is 0 Å². The van der Waals surface area contributed by atoms with Crippen LogP contribution in [0.3, 0.4) is 0 Å². The molecule has 0 amide bonds. The Morgan fingerprint density at radius 2 is 1.06 bits per heavy atom. The van der Waals surface area contributed by atoms with Gasteiger partial charge in [0.25, 0.3) is 0 Å². The average Bonchev–Trinajstić information content (AvgIpc) is 3.31. The molecule has 0 spiro atoms. The molecule has 4 aromatic rings. The Bertz CT molecular complexity index is 2770. The third-order valence-electron chi connectivity index (χ3n) is 10.9. The van der Waals surface area contributed by atoms with Crippen LogP contribution in [0.5, 0.6) is 69.0 Å². The molecule has 28 nitrogen and oxygen atoms in total. The number of rotatable bonds is 14. The van der Waals surface area contributed by atoms with E-state index in [-0.39, 0.29) is 0 Å². The molecule has 8 atom stereocenters. The van der Waals surface area contributed by atoms with Crippen molar-refractivity contribution in [3.63, 3.8) is 0 Å². The fourth-order valence-corrected chi connectivity index (χ4v) is 7.44. The van der Waals surface area contributed by atoms with Crippen LogP contribution in [0.1, 0.15) is 65.8 Å². The number of aromatic hydroxyl groups is 12. The van der Waals surface area contributed by atoms with Crippen LogP contribution in [0.15, 0.2) is 42.5 Å². The summed E-state index contributed by atoms with van der Waals surface area (Å²) in [6, 6.07) is 3.95. The molecule has 71 heavy (non-hydrogen) atoms. The summed E-state index contributed by atoms with van der Waals surface area (Å²) in [5.74, 6) is -28.8. The number of cyclic esters (lactones) is 1. The Kier molecular flexibility index (Phi) is 14.5. The zero-order valence-corrected chi connectivity index (χ0v) is 35.8. The molecule has 0 unspecified atom stereocenters. The minimum Gasteiger partial charge on any atom is -0.504 e. The van der Waals surface area contributed by atoms with Gasteiger partial charge in [-0.15, -0.1) is 0 Å². The van der Waals surface area contributed by atoms with Crippen molar-refractivity contribution in [1.29, 1.82) is 0 Å². The number of hydrogen-bond acceptors (Lipinski definition) is 27. The first-order chi connectivity index (χ1) is 33.3. The third kappa shape index (κ3) is 10.4. The number of aliphatic carboxylic acids is 1. The summed E-state index contributed by atoms with van der Waals surface area (Å²) in [5.41, 5.74) is -3.83. The van der Waals surface area contributed by atoms with Gasteiger partial charge in [-0.2, -0.15) is 0 Å². The summed E-state index contributed by atoms with van der Waals surface area (Å²) < 4.78 is 37.4. The number of phenols is 12. The summed E-state index contributed by atoms with van der Waals surface area (Å²) in [6.07, 6.45) is -16.8. The lowest BCUT2D eigenvalue weighted by Gasteiger charge is -2.43. The molecule has 1 saturated heterocycles. The first-order valence-corrected chi connectivity index (χ1v) is 20.0. The molecule has 28 heteroatoms. The molecule has 0 aliphatic carbocycles. The zero-order valence-electron chi connectivity index (χ0n) is 35.8. The van der Waals surface area contributed by atoms with Crippen molar-refractivity contribution < 1.29 is 138 Å². The summed E-state index contributed by atoms with van der Waals surface area (Å²) in [6.45, 7) is -1.30. The third-order valence-corrected chi connectivity index (χ3v) is 10.9. The summed E-state index contributed by atoms with van der Waals surface area (Å²) in [4.78, 5) is 93.6. The molecular weight excluding hydrogens is 964 g/mol. The Labute approximate surface area is 394 Å². The van der Waals surface area contributed by atoms with E-state index < -0.39 is 207 Å². The molecule has 1 fully saturated rings. The number of carbonyl (C=O) groups excluding carboxylic acids is 6. The molecule has 0 saturated carbocycles. The fourth-order valence-electron chi connectivity index (χ4n) is 7.44. The summed E-state index contributed by atoms with van der Waals surface area (Å²) in [7, 11) is 0.889. The van der Waals surface area contributed by atoms with Crippen LogP contribution in [0, 0.1) is 5.92 Å². The van der Waals surface area contributed by atoms with Crippen molar-refractivity contribution in [1.82, 2.24) is 0 Å². The van der Waals surface area contributed by atoms with Gasteiger partial charge in [0.15, 0.2) is 81.6 Å². The van der Waals surface area contributed by atoms with E-state index in [0.717, 1.165) is 7.11 Å². The lowest BCUT2D eigenvalue weighted by Crippen LogP contribution is -2.62. The van der Waals surface area contributed by atoms with E-state index >= 15 is 0 Å². The van der Waals surface area contributed by atoms with Crippen molar-refractivity contribution in [2.75, 3.05) is 13.7 Å². The molecule has 6 rings (SSSR count). The van der Waals surface area contributed by atoms with E-state index in [0.29, 0.717) is 42.5 Å². The van der Waals surface area contributed by atoms with Gasteiger partial charge in [-0.1, -0.05) is 0 Å². The second kappa shape index (κ2) is 20.1. The number of esters is 6. The molecule has 0 radical (unpaired) electrons. The highest BCUT2D eigenvalue weighted by Gasteiger charge is 2.54. The van der Waals surface area contributed by atoms with E-state index in [1.165, 1.54) is 0 Å². The number of methoxy groups -OCH3 is 1. The Balaban J connectivity index is 1.49. The number of phenolic OH excluding ortho intramolecular Hbond substituents is 12. The van der Waals surface area contributed by atoms with E-state index in [1.54, 1.807) is 0 Å². The Hall–Kier alpha value is -9.31. The lowest BCUT2D eigenvalue weighted by molar-refractivity contribution is -0.288. The largest absolute Gasteiger partial charge is 0.504 e. The second-order valence-electron chi connectivity index (χ2n) is 15.4. The van der Waals surface area contributed by atoms with Gasteiger partial charge in [0, 0.05) is 11.5 Å². The number of fused-ring (bicyclic) bond motifs is 1. The van der Waals surface area contributed by atoms with Gasteiger partial charge >= 0.3 is 41.8 Å². The first-order valence-electron chi connectivity index (χ1n) is 20.0. The van der Waals surface area contributed by atoms with Crippen molar-refractivity contribution in [3.8, 4) is 69.0 Å². The predicted octanol–water partition coefficient (Wildman–Crippen LogP) is 0.368. The van der Waals surface area contributed by atoms with E-state index in [9.17, 15) is 105 Å². The number of aliphatic hydroxyl groups is 1. The van der Waals surface area contributed by atoms with Crippen LogP contribution in [0.4, 0.5) is 0 Å². The monoisotopic (exact) mass is 1000 g/mol. The number of aliphatic hydroxyl groups excluding tert-OH is 1. The number of carbonyl (C=O) groups is 7. The average molecular weight is 1000 g/mol.